The average Bonchev–Trinajstić information content (AvgIpc) is 2.69. The van der Waals surface area contributed by atoms with Crippen LogP contribution in [0, 0.1) is 0 Å². The molecule has 0 aliphatic carbocycles. The third-order valence-corrected chi connectivity index (χ3v) is 5.37. The summed E-state index contributed by atoms with van der Waals surface area (Å²) in [7, 11) is 0. The van der Waals surface area contributed by atoms with E-state index in [9.17, 15) is 4.79 Å². The van der Waals surface area contributed by atoms with Crippen molar-refractivity contribution in [2.24, 2.45) is 0 Å². The maximum atomic E-state index is 12.4. The van der Waals surface area contributed by atoms with E-state index >= 15 is 0 Å². The number of nitrogens with one attached hydrogen (secondary N) is 1. The van der Waals surface area contributed by atoms with Gasteiger partial charge in [0, 0.05) is 43.2 Å². The van der Waals surface area contributed by atoms with Gasteiger partial charge in [-0.3, -0.25) is 9.69 Å². The highest BCUT2D eigenvalue weighted by Gasteiger charge is 2.12. The van der Waals surface area contributed by atoms with Crippen molar-refractivity contribution in [3.63, 3.8) is 0 Å². The van der Waals surface area contributed by atoms with Crippen LogP contribution in [0.15, 0.2) is 54.6 Å². The number of hydrogen-bond donors (Lipinski definition) is 1. The molecule has 0 radical (unpaired) electrons. The molecule has 4 nitrogen and oxygen atoms in total. The Morgan fingerprint density at radius 1 is 1.04 bits per heavy atom. The maximum absolute atomic E-state index is 12.4. The van der Waals surface area contributed by atoms with Crippen molar-refractivity contribution in [3.05, 3.63) is 71.3 Å². The summed E-state index contributed by atoms with van der Waals surface area (Å²) in [5.74, 6) is 1.90. The van der Waals surface area contributed by atoms with Crippen LogP contribution in [0.5, 0.6) is 0 Å². The molecule has 0 aromatic heterocycles. The summed E-state index contributed by atoms with van der Waals surface area (Å²) in [6.45, 7) is 5.05. The number of benzene rings is 2. The Bertz CT molecular complexity index is 687. The molecule has 1 aliphatic rings. The predicted molar refractivity (Wildman–Crippen MR) is 107 cm³/mol. The Morgan fingerprint density at radius 3 is 2.62 bits per heavy atom. The summed E-state index contributed by atoms with van der Waals surface area (Å²) in [5, 5.41) is 3.02. The molecule has 2 aromatic rings. The SMILES string of the molecule is O=C(NCCSCc1ccccc1)c1cccc(CN2CCOCC2)c1. The van der Waals surface area contributed by atoms with Gasteiger partial charge in [0.25, 0.3) is 5.91 Å². The molecule has 0 saturated carbocycles. The van der Waals surface area contributed by atoms with E-state index in [0.29, 0.717) is 6.54 Å². The van der Waals surface area contributed by atoms with E-state index in [4.69, 9.17) is 4.74 Å². The molecule has 1 saturated heterocycles. The molecule has 3 rings (SSSR count). The van der Waals surface area contributed by atoms with E-state index in [1.165, 1.54) is 11.1 Å². The Kier molecular flexibility index (Phi) is 7.55. The summed E-state index contributed by atoms with van der Waals surface area (Å²) < 4.78 is 5.38. The number of carbonyl (C=O) groups excluding carboxylic acids is 1. The van der Waals surface area contributed by atoms with Crippen LogP contribution in [0.1, 0.15) is 21.5 Å². The van der Waals surface area contributed by atoms with E-state index in [-0.39, 0.29) is 5.91 Å². The monoisotopic (exact) mass is 370 g/mol. The number of thioether (sulfide) groups is 1. The Balaban J connectivity index is 1.40. The van der Waals surface area contributed by atoms with Crippen molar-refractivity contribution in [2.75, 3.05) is 38.6 Å². The summed E-state index contributed by atoms with van der Waals surface area (Å²) in [6.07, 6.45) is 0. The summed E-state index contributed by atoms with van der Waals surface area (Å²) in [4.78, 5) is 14.7. The first kappa shape index (κ1) is 19.0. The highest BCUT2D eigenvalue weighted by molar-refractivity contribution is 7.98. The van der Waals surface area contributed by atoms with Gasteiger partial charge in [0.1, 0.15) is 0 Å². The lowest BCUT2D eigenvalue weighted by Crippen LogP contribution is -2.35. The van der Waals surface area contributed by atoms with Gasteiger partial charge in [-0.05, 0) is 23.3 Å². The van der Waals surface area contributed by atoms with E-state index in [1.807, 2.05) is 36.0 Å². The molecule has 0 atom stereocenters. The smallest absolute Gasteiger partial charge is 0.251 e. The quantitative estimate of drug-likeness (QED) is 0.725. The summed E-state index contributed by atoms with van der Waals surface area (Å²) >= 11 is 1.84. The van der Waals surface area contributed by atoms with Gasteiger partial charge < -0.3 is 10.1 Å². The van der Waals surface area contributed by atoms with Gasteiger partial charge in [0.15, 0.2) is 0 Å². The van der Waals surface area contributed by atoms with Crippen LogP contribution in [0.25, 0.3) is 0 Å². The topological polar surface area (TPSA) is 41.6 Å². The van der Waals surface area contributed by atoms with Crippen LogP contribution < -0.4 is 5.32 Å². The van der Waals surface area contributed by atoms with E-state index in [2.05, 4.69) is 40.5 Å². The highest BCUT2D eigenvalue weighted by atomic mass is 32.2. The molecule has 1 amide bonds. The van der Waals surface area contributed by atoms with Crippen LogP contribution >= 0.6 is 11.8 Å². The fourth-order valence-corrected chi connectivity index (χ4v) is 3.75. The number of carbonyl (C=O) groups is 1. The molecular formula is C21H26N2O2S. The lowest BCUT2D eigenvalue weighted by molar-refractivity contribution is 0.0342. The Morgan fingerprint density at radius 2 is 1.81 bits per heavy atom. The van der Waals surface area contributed by atoms with Crippen LogP contribution in [0.2, 0.25) is 0 Å². The molecular weight excluding hydrogens is 344 g/mol. The lowest BCUT2D eigenvalue weighted by atomic mass is 10.1. The molecule has 138 valence electrons. The van der Waals surface area contributed by atoms with Crippen molar-refractivity contribution >= 4 is 17.7 Å². The predicted octanol–water partition coefficient (Wildman–Crippen LogP) is 3.18. The zero-order valence-electron chi connectivity index (χ0n) is 15.0. The molecule has 26 heavy (non-hydrogen) atoms. The second-order valence-corrected chi connectivity index (χ2v) is 7.49. The van der Waals surface area contributed by atoms with Crippen LogP contribution in [0.3, 0.4) is 0 Å². The van der Waals surface area contributed by atoms with E-state index in [1.54, 1.807) is 0 Å². The third kappa shape index (κ3) is 6.16. The normalized spacial score (nSPS) is 14.9. The summed E-state index contributed by atoms with van der Waals surface area (Å²) in [5.41, 5.74) is 3.24. The zero-order chi connectivity index (χ0) is 18.0. The summed E-state index contributed by atoms with van der Waals surface area (Å²) in [6, 6.07) is 18.3. The zero-order valence-corrected chi connectivity index (χ0v) is 15.8. The van der Waals surface area contributed by atoms with Gasteiger partial charge in [-0.1, -0.05) is 42.5 Å². The Hall–Kier alpha value is -1.82. The Labute approximate surface area is 159 Å². The number of hydrogen-bond acceptors (Lipinski definition) is 4. The second-order valence-electron chi connectivity index (χ2n) is 6.38. The number of amides is 1. The number of ether oxygens (including phenoxy) is 1. The third-order valence-electron chi connectivity index (χ3n) is 4.34. The minimum atomic E-state index is 0.00846. The number of nitrogens with zero attached hydrogens (tertiary/aromatic N) is 1. The fourth-order valence-electron chi connectivity index (χ4n) is 2.93. The van der Waals surface area contributed by atoms with Gasteiger partial charge >= 0.3 is 0 Å². The van der Waals surface area contributed by atoms with Crippen molar-refractivity contribution in [1.82, 2.24) is 10.2 Å². The van der Waals surface area contributed by atoms with Crippen molar-refractivity contribution in [2.45, 2.75) is 12.3 Å². The molecule has 1 fully saturated rings. The molecule has 1 N–H and O–H groups in total. The van der Waals surface area contributed by atoms with Crippen LogP contribution in [-0.2, 0) is 17.0 Å². The standard InChI is InChI=1S/C21H26N2O2S/c24-21(22-9-14-26-17-18-5-2-1-3-6-18)20-8-4-7-19(15-20)16-23-10-12-25-13-11-23/h1-8,15H,9-14,16-17H2,(H,22,24). The first-order valence-electron chi connectivity index (χ1n) is 9.10. The molecule has 0 bridgehead atoms. The van der Waals surface area contributed by atoms with E-state index < -0.39 is 0 Å². The second kappa shape index (κ2) is 10.4. The van der Waals surface area contributed by atoms with Gasteiger partial charge in [-0.15, -0.1) is 0 Å². The van der Waals surface area contributed by atoms with Crippen molar-refractivity contribution in [3.8, 4) is 0 Å². The molecule has 1 aliphatic heterocycles. The first-order chi connectivity index (χ1) is 12.8. The average molecular weight is 371 g/mol. The minimum Gasteiger partial charge on any atom is -0.379 e. The lowest BCUT2D eigenvalue weighted by Gasteiger charge is -2.26. The molecule has 5 heteroatoms. The van der Waals surface area contributed by atoms with Gasteiger partial charge in [0.2, 0.25) is 0 Å². The molecule has 0 unspecified atom stereocenters. The van der Waals surface area contributed by atoms with E-state index in [0.717, 1.165) is 49.9 Å². The van der Waals surface area contributed by atoms with Crippen LogP contribution in [0.4, 0.5) is 0 Å². The largest absolute Gasteiger partial charge is 0.379 e. The fraction of sp³-hybridized carbons (Fsp3) is 0.381. The van der Waals surface area contributed by atoms with Crippen molar-refractivity contribution in [1.29, 1.82) is 0 Å². The molecule has 0 spiro atoms. The number of rotatable bonds is 8. The number of morpholine rings is 1. The molecule has 1 heterocycles. The molecule has 2 aromatic carbocycles. The van der Waals surface area contributed by atoms with Crippen LogP contribution in [-0.4, -0.2) is 49.4 Å². The highest BCUT2D eigenvalue weighted by Crippen LogP contribution is 2.12. The van der Waals surface area contributed by atoms with Crippen molar-refractivity contribution < 1.29 is 9.53 Å². The maximum Gasteiger partial charge on any atom is 0.251 e. The minimum absolute atomic E-state index is 0.00846. The van der Waals surface area contributed by atoms with Gasteiger partial charge in [-0.2, -0.15) is 11.8 Å². The van der Waals surface area contributed by atoms with Gasteiger partial charge in [-0.25, -0.2) is 0 Å². The first-order valence-corrected chi connectivity index (χ1v) is 10.3. The van der Waals surface area contributed by atoms with Gasteiger partial charge in [0.05, 0.1) is 13.2 Å².